The van der Waals surface area contributed by atoms with Crippen molar-refractivity contribution in [2.45, 2.75) is 16.7 Å². The van der Waals surface area contributed by atoms with Crippen LogP contribution in [-0.2, 0) is 15.4 Å². The van der Waals surface area contributed by atoms with Crippen molar-refractivity contribution in [2.24, 2.45) is 0 Å². The van der Waals surface area contributed by atoms with E-state index in [-0.39, 0.29) is 17.3 Å². The fourth-order valence-corrected chi connectivity index (χ4v) is 3.96. The van der Waals surface area contributed by atoms with E-state index in [1.54, 1.807) is 0 Å². The summed E-state index contributed by atoms with van der Waals surface area (Å²) in [5.41, 5.74) is 1.52. The van der Waals surface area contributed by atoms with Crippen LogP contribution < -0.4 is 10.6 Å². The van der Waals surface area contributed by atoms with Gasteiger partial charge in [-0.2, -0.15) is 13.2 Å². The zero-order valence-electron chi connectivity index (χ0n) is 17.3. The Labute approximate surface area is 188 Å². The number of hydrogen-bond acceptors (Lipinski definition) is 9. The van der Waals surface area contributed by atoms with Gasteiger partial charge >= 0.3 is 6.18 Å². The van der Waals surface area contributed by atoms with Crippen molar-refractivity contribution in [3.05, 3.63) is 42.2 Å². The summed E-state index contributed by atoms with van der Waals surface area (Å²) in [6.07, 6.45) is -3.00. The summed E-state index contributed by atoms with van der Waals surface area (Å²) < 4.78 is 63.6. The molecule has 13 heteroatoms. The Morgan fingerprint density at radius 3 is 2.27 bits per heavy atom. The van der Waals surface area contributed by atoms with Gasteiger partial charge in [0.05, 0.1) is 18.0 Å². The second kappa shape index (κ2) is 9.52. The van der Waals surface area contributed by atoms with E-state index in [1.165, 1.54) is 18.2 Å². The maximum atomic E-state index is 13.1. The van der Waals surface area contributed by atoms with E-state index in [1.807, 2.05) is 9.80 Å². The molecule has 0 bridgehead atoms. The average Bonchev–Trinajstić information content (AvgIpc) is 2.78. The fourth-order valence-electron chi connectivity index (χ4n) is 3.15. The van der Waals surface area contributed by atoms with Gasteiger partial charge in [0.15, 0.2) is 0 Å². The van der Waals surface area contributed by atoms with E-state index < -0.39 is 33.8 Å². The number of nitrogen functional groups attached to an aromatic ring is 1. The van der Waals surface area contributed by atoms with Crippen LogP contribution in [0.3, 0.4) is 0 Å². The molecule has 1 aliphatic rings. The summed E-state index contributed by atoms with van der Waals surface area (Å²) >= 11 is 0. The summed E-state index contributed by atoms with van der Waals surface area (Å²) in [6.45, 7) is 0.757. The number of rotatable bonds is 5. The molecule has 0 spiro atoms. The highest BCUT2D eigenvalue weighted by Crippen LogP contribution is 2.38. The first kappa shape index (κ1) is 24.7. The van der Waals surface area contributed by atoms with Gasteiger partial charge in [0.2, 0.25) is 15.4 Å². The second-order valence-electron chi connectivity index (χ2n) is 7.39. The minimum atomic E-state index is -5.05. The number of alkyl halides is 3. The minimum Gasteiger partial charge on any atom is -0.393 e. The molecule has 2 aromatic heterocycles. The average molecular weight is 485 g/mol. The van der Waals surface area contributed by atoms with E-state index in [0.717, 1.165) is 18.5 Å². The van der Waals surface area contributed by atoms with Crippen LogP contribution in [-0.4, -0.2) is 79.0 Å². The molecular weight excluding hydrogens is 463 g/mol. The Morgan fingerprint density at radius 1 is 1.06 bits per heavy atom. The van der Waals surface area contributed by atoms with Crippen LogP contribution in [0.5, 0.6) is 0 Å². The SMILES string of the molecule is Nc1ccc(S(=O)(=O)C#CCN2CCN(c3ccc(C(O)(CO)C(F)(F)F)cn3)CC2)cn1. The van der Waals surface area contributed by atoms with Crippen molar-refractivity contribution in [1.82, 2.24) is 14.9 Å². The molecular formula is C20H22F3N5O4S. The number of nitrogens with zero attached hydrogens (tertiary/aromatic N) is 4. The first-order valence-electron chi connectivity index (χ1n) is 9.76. The zero-order chi connectivity index (χ0) is 24.3. The van der Waals surface area contributed by atoms with E-state index in [0.29, 0.717) is 32.0 Å². The lowest BCUT2D eigenvalue weighted by Gasteiger charge is -2.35. The number of pyridine rings is 2. The Bertz CT molecular complexity index is 1120. The minimum absolute atomic E-state index is 0.0397. The molecule has 33 heavy (non-hydrogen) atoms. The fraction of sp³-hybridized carbons (Fsp3) is 0.400. The van der Waals surface area contributed by atoms with Gasteiger partial charge in [-0.05, 0) is 18.2 Å². The number of halogens is 3. The third-order valence-corrected chi connectivity index (χ3v) is 6.47. The first-order chi connectivity index (χ1) is 15.5. The normalized spacial score (nSPS) is 17.2. The first-order valence-corrected chi connectivity index (χ1v) is 11.2. The number of sulfone groups is 1. The van der Waals surface area contributed by atoms with Gasteiger partial charge in [-0.1, -0.05) is 12.0 Å². The van der Waals surface area contributed by atoms with Crippen LogP contribution in [0.4, 0.5) is 24.8 Å². The smallest absolute Gasteiger partial charge is 0.393 e. The number of aromatic nitrogens is 2. The van der Waals surface area contributed by atoms with Gasteiger partial charge < -0.3 is 20.8 Å². The predicted molar refractivity (Wildman–Crippen MR) is 114 cm³/mol. The van der Waals surface area contributed by atoms with Crippen molar-refractivity contribution in [1.29, 1.82) is 0 Å². The third-order valence-electron chi connectivity index (χ3n) is 5.20. The monoisotopic (exact) mass is 485 g/mol. The lowest BCUT2D eigenvalue weighted by Crippen LogP contribution is -2.47. The molecule has 178 valence electrons. The van der Waals surface area contributed by atoms with Gasteiger partial charge in [0.25, 0.3) is 0 Å². The highest BCUT2D eigenvalue weighted by molar-refractivity contribution is 7.96. The Hall–Kier alpha value is -2.92. The molecule has 0 amide bonds. The summed E-state index contributed by atoms with van der Waals surface area (Å²) in [6, 6.07) is 5.15. The number of anilines is 2. The number of piperazine rings is 1. The molecule has 3 rings (SSSR count). The number of aliphatic hydroxyl groups excluding tert-OH is 1. The standard InChI is InChI=1S/C20H22F3N5O4S/c21-20(22,23)19(30,14-29)15-2-5-18(26-12-15)28-9-7-27(8-10-28)6-1-11-33(31,32)16-3-4-17(24)25-13-16/h2-5,12-13,29-30H,6-10,14H2,(H2,24,25). The van der Waals surface area contributed by atoms with Gasteiger partial charge in [0, 0.05) is 49.4 Å². The largest absolute Gasteiger partial charge is 0.423 e. The summed E-state index contributed by atoms with van der Waals surface area (Å²) in [5, 5.41) is 21.1. The molecule has 0 radical (unpaired) electrons. The van der Waals surface area contributed by atoms with E-state index in [9.17, 15) is 26.7 Å². The lowest BCUT2D eigenvalue weighted by atomic mass is 9.95. The molecule has 9 nitrogen and oxygen atoms in total. The number of hydrogen-bond donors (Lipinski definition) is 3. The van der Waals surface area contributed by atoms with Gasteiger partial charge in [-0.15, -0.1) is 0 Å². The molecule has 1 aliphatic heterocycles. The van der Waals surface area contributed by atoms with Crippen LogP contribution in [0.2, 0.25) is 0 Å². The summed E-state index contributed by atoms with van der Waals surface area (Å²) in [7, 11) is -3.81. The Balaban J connectivity index is 1.57. The Morgan fingerprint density at radius 2 is 1.76 bits per heavy atom. The van der Waals surface area contributed by atoms with Gasteiger partial charge in [-0.25, -0.2) is 18.4 Å². The lowest BCUT2D eigenvalue weighted by molar-refractivity contribution is -0.277. The highest BCUT2D eigenvalue weighted by atomic mass is 32.2. The van der Waals surface area contributed by atoms with Gasteiger partial charge in [-0.3, -0.25) is 4.90 Å². The van der Waals surface area contributed by atoms with Crippen molar-refractivity contribution >= 4 is 21.5 Å². The zero-order valence-corrected chi connectivity index (χ0v) is 18.1. The maximum absolute atomic E-state index is 13.1. The van der Waals surface area contributed by atoms with Crippen molar-refractivity contribution in [2.75, 3.05) is 50.0 Å². The van der Waals surface area contributed by atoms with Crippen LogP contribution >= 0.6 is 0 Å². The molecule has 0 aromatic carbocycles. The number of aliphatic hydroxyl groups is 2. The third kappa shape index (κ3) is 5.53. The molecule has 2 aromatic rings. The van der Waals surface area contributed by atoms with Crippen molar-refractivity contribution in [3.63, 3.8) is 0 Å². The van der Waals surface area contributed by atoms with E-state index >= 15 is 0 Å². The molecule has 0 aliphatic carbocycles. The molecule has 1 atom stereocenters. The van der Waals surface area contributed by atoms with Crippen LogP contribution in [0.25, 0.3) is 0 Å². The van der Waals surface area contributed by atoms with E-state index in [2.05, 4.69) is 21.1 Å². The van der Waals surface area contributed by atoms with Crippen LogP contribution in [0.15, 0.2) is 41.6 Å². The second-order valence-corrected chi connectivity index (χ2v) is 9.07. The molecule has 0 saturated carbocycles. The maximum Gasteiger partial charge on any atom is 0.423 e. The quantitative estimate of drug-likeness (QED) is 0.406. The van der Waals surface area contributed by atoms with Crippen molar-refractivity contribution < 1.29 is 31.8 Å². The number of nitrogens with two attached hydrogens (primary N) is 1. The Kier molecular flexibility index (Phi) is 7.13. The van der Waals surface area contributed by atoms with Crippen LogP contribution in [0, 0.1) is 11.2 Å². The summed E-state index contributed by atoms with van der Waals surface area (Å²) in [4.78, 5) is 11.5. The molecule has 1 saturated heterocycles. The highest BCUT2D eigenvalue weighted by Gasteiger charge is 2.55. The molecule has 1 fully saturated rings. The summed E-state index contributed by atoms with van der Waals surface area (Å²) in [5.74, 6) is 3.27. The van der Waals surface area contributed by atoms with E-state index in [4.69, 9.17) is 10.8 Å². The van der Waals surface area contributed by atoms with Gasteiger partial charge in [0.1, 0.15) is 11.6 Å². The molecule has 3 heterocycles. The van der Waals surface area contributed by atoms with Crippen molar-refractivity contribution in [3.8, 4) is 11.2 Å². The van der Waals surface area contributed by atoms with Crippen LogP contribution in [0.1, 0.15) is 5.56 Å². The topological polar surface area (TPSA) is 133 Å². The molecule has 4 N–H and O–H groups in total. The predicted octanol–water partition coefficient (Wildman–Crippen LogP) is 0.358. The molecule has 1 unspecified atom stereocenters.